The van der Waals surface area contributed by atoms with E-state index in [0.717, 1.165) is 77.8 Å². The molecule has 0 fully saturated rings. The van der Waals surface area contributed by atoms with Gasteiger partial charge in [-0.25, -0.2) is 9.78 Å². The molecule has 13 rings (SSSR count). The Morgan fingerprint density at radius 1 is 0.722 bits per heavy atom. The van der Waals surface area contributed by atoms with Crippen molar-refractivity contribution in [2.24, 2.45) is 0 Å². The molecule has 0 radical (unpaired) electrons. The van der Waals surface area contributed by atoms with Gasteiger partial charge in [-0.15, -0.1) is 0 Å². The van der Waals surface area contributed by atoms with Gasteiger partial charge in [0.15, 0.2) is 40.1 Å². The standard InChI is InChI=1S/C38H42N2O6.C20H16N2O4/c1-39-15-13-25-20-32(42-4)34-22-28(25)29(39)17-23-7-10-27(11-8-23)45-33-19-24(9-12-31(33)41-3)18-30-36-26(14-16-40(30)2)21-35(43-5)37(44-6)38(36)46-34;1-2-20(25)14-8-16-17-12(7-11-5-3-4-6-15(11)21-17)9-22(16)18(23)13(14)10-26-19(20)24/h7-12,19-22,29-30H,13-18H2,1-6H3;3-8,25H,2,9-10H2,1H3. The van der Waals surface area contributed by atoms with Crippen LogP contribution >= 0.6 is 0 Å². The number of hydrogen-bond donors (Lipinski definition) is 1. The lowest BCUT2D eigenvalue weighted by atomic mass is 9.86. The van der Waals surface area contributed by atoms with Crippen LogP contribution in [-0.4, -0.2) is 86.1 Å². The predicted molar refractivity (Wildman–Crippen MR) is 272 cm³/mol. The molecule has 370 valence electrons. The molecule has 14 nitrogen and oxygen atoms in total. The number of ether oxygens (including phenoxy) is 7. The number of hydrogen-bond acceptors (Lipinski definition) is 13. The number of para-hydroxylation sites is 1. The third kappa shape index (κ3) is 7.98. The summed E-state index contributed by atoms with van der Waals surface area (Å²) in [5.74, 6) is 4.70. The third-order valence-corrected chi connectivity index (χ3v) is 15.3. The smallest absolute Gasteiger partial charge is 0.343 e. The van der Waals surface area contributed by atoms with E-state index in [9.17, 15) is 14.7 Å². The fraction of sp³-hybridized carbons (Fsp3) is 0.328. The summed E-state index contributed by atoms with van der Waals surface area (Å²) in [5.41, 5.74) is 8.97. The first kappa shape index (κ1) is 47.0. The molecule has 6 bridgehead atoms. The van der Waals surface area contributed by atoms with Gasteiger partial charge in [0.25, 0.3) is 5.56 Å². The number of carbonyl (C=O) groups excluding carboxylic acids is 1. The first-order chi connectivity index (χ1) is 34.9. The molecule has 6 aliphatic heterocycles. The van der Waals surface area contributed by atoms with Crippen LogP contribution in [0.5, 0.6) is 46.0 Å². The second-order valence-corrected chi connectivity index (χ2v) is 19.2. The van der Waals surface area contributed by atoms with E-state index in [-0.39, 0.29) is 30.7 Å². The number of carbonyl (C=O) groups is 1. The maximum Gasteiger partial charge on any atom is 0.343 e. The number of likely N-dealkylation sites (N-methyl/N-ethyl adjacent to an activating group) is 2. The second kappa shape index (κ2) is 18.7. The summed E-state index contributed by atoms with van der Waals surface area (Å²) in [4.78, 5) is 34.7. The van der Waals surface area contributed by atoms with Crippen LogP contribution in [0.15, 0.2) is 102 Å². The number of cyclic esters (lactones) is 1. The maximum absolute atomic E-state index is 13.0. The lowest BCUT2D eigenvalue weighted by Gasteiger charge is -2.37. The quantitative estimate of drug-likeness (QED) is 0.164. The van der Waals surface area contributed by atoms with Crippen LogP contribution in [0.2, 0.25) is 0 Å². The summed E-state index contributed by atoms with van der Waals surface area (Å²) in [6.07, 6.45) is 3.51. The van der Waals surface area contributed by atoms with Crippen LogP contribution in [0, 0.1) is 0 Å². The minimum Gasteiger partial charge on any atom is -0.493 e. The van der Waals surface area contributed by atoms with Crippen LogP contribution in [0.1, 0.15) is 75.5 Å². The van der Waals surface area contributed by atoms with Gasteiger partial charge >= 0.3 is 5.97 Å². The highest BCUT2D eigenvalue weighted by molar-refractivity contribution is 5.86. The number of nitrogens with zero attached hydrogens (tertiary/aromatic N) is 4. The maximum atomic E-state index is 13.0. The normalized spacial score (nSPS) is 19.6. The molecule has 5 aromatic carbocycles. The van der Waals surface area contributed by atoms with Crippen molar-refractivity contribution in [3.8, 4) is 57.4 Å². The minimum absolute atomic E-state index is 0.000437. The number of fused-ring (bicyclic) bond motifs is 7. The molecule has 0 saturated carbocycles. The van der Waals surface area contributed by atoms with Crippen LogP contribution < -0.4 is 34.0 Å². The van der Waals surface area contributed by atoms with Crippen molar-refractivity contribution in [2.75, 3.05) is 55.6 Å². The average Bonchev–Trinajstić information content (AvgIpc) is 3.76. The zero-order valence-electron chi connectivity index (χ0n) is 41.7. The molecule has 3 atom stereocenters. The van der Waals surface area contributed by atoms with Gasteiger partial charge in [0.1, 0.15) is 12.4 Å². The third-order valence-electron chi connectivity index (χ3n) is 15.3. The van der Waals surface area contributed by atoms with Crippen LogP contribution in [0.25, 0.3) is 22.3 Å². The average molecular weight is 971 g/mol. The van der Waals surface area contributed by atoms with Gasteiger partial charge in [-0.1, -0.05) is 43.3 Å². The number of rotatable bonds is 5. The van der Waals surface area contributed by atoms with E-state index in [4.69, 9.17) is 38.1 Å². The number of pyridine rings is 2. The van der Waals surface area contributed by atoms with Crippen molar-refractivity contribution < 1.29 is 43.1 Å². The van der Waals surface area contributed by atoms with Gasteiger partial charge in [-0.05, 0) is 135 Å². The summed E-state index contributed by atoms with van der Waals surface area (Å²) >= 11 is 0. The SMILES string of the molecule is CCC1(O)C(=O)OCc2c1cc1n(c2=O)Cc2cc3ccccc3nc2-1.COc1ccc2cc1Oc1ccc(cc1)CC1c3cc(c(OC)cc3CCN1C)Oc1c(OC)c(OC)cc3c1C(C2)N(C)CC3. The molecular formula is C58H58N4O10. The van der Waals surface area contributed by atoms with E-state index in [2.05, 4.69) is 66.4 Å². The fourth-order valence-electron chi connectivity index (χ4n) is 11.2. The zero-order chi connectivity index (χ0) is 50.0. The molecule has 72 heavy (non-hydrogen) atoms. The van der Waals surface area contributed by atoms with Crippen molar-refractivity contribution in [1.29, 1.82) is 0 Å². The number of aromatic nitrogens is 2. The van der Waals surface area contributed by atoms with Crippen molar-refractivity contribution in [2.45, 2.75) is 69.9 Å². The highest BCUT2D eigenvalue weighted by Crippen LogP contribution is 2.52. The molecule has 3 unspecified atom stereocenters. The van der Waals surface area contributed by atoms with Gasteiger partial charge < -0.3 is 42.8 Å². The predicted octanol–water partition coefficient (Wildman–Crippen LogP) is 9.24. The Hall–Kier alpha value is -7.39. The number of methoxy groups -OCH3 is 4. The molecule has 14 heteroatoms. The first-order valence-electron chi connectivity index (χ1n) is 24.5. The molecule has 8 heterocycles. The van der Waals surface area contributed by atoms with Gasteiger partial charge in [0, 0.05) is 47.2 Å². The number of benzene rings is 5. The van der Waals surface area contributed by atoms with Gasteiger partial charge in [0.05, 0.1) is 57.5 Å². The lowest BCUT2D eigenvalue weighted by molar-refractivity contribution is -0.172. The van der Waals surface area contributed by atoms with E-state index in [1.807, 2.05) is 48.5 Å². The van der Waals surface area contributed by atoms with Crippen LogP contribution in [-0.2, 0) is 54.0 Å². The van der Waals surface area contributed by atoms with Crippen molar-refractivity contribution in [3.63, 3.8) is 0 Å². The van der Waals surface area contributed by atoms with E-state index < -0.39 is 11.6 Å². The number of aliphatic hydroxyl groups is 1. The largest absolute Gasteiger partial charge is 0.493 e. The Bertz CT molecular complexity index is 3350. The molecule has 6 aliphatic rings. The van der Waals surface area contributed by atoms with E-state index in [1.54, 1.807) is 46.0 Å². The molecular weight excluding hydrogens is 913 g/mol. The Kier molecular flexibility index (Phi) is 12.2. The highest BCUT2D eigenvalue weighted by Gasteiger charge is 2.45. The van der Waals surface area contributed by atoms with Crippen molar-refractivity contribution in [1.82, 2.24) is 19.4 Å². The number of esters is 1. The van der Waals surface area contributed by atoms with Gasteiger partial charge in [-0.3, -0.25) is 14.6 Å². The van der Waals surface area contributed by atoms with Crippen LogP contribution in [0.4, 0.5) is 0 Å². The van der Waals surface area contributed by atoms with Gasteiger partial charge in [-0.2, -0.15) is 0 Å². The summed E-state index contributed by atoms with van der Waals surface area (Å²) in [5, 5.41) is 11.8. The topological polar surface area (TPSA) is 143 Å². The first-order valence-corrected chi connectivity index (χ1v) is 24.5. The van der Waals surface area contributed by atoms with Crippen LogP contribution in [0.3, 0.4) is 0 Å². The Labute approximate surface area is 418 Å². The monoisotopic (exact) mass is 970 g/mol. The molecule has 0 amide bonds. The molecule has 0 aliphatic carbocycles. The Morgan fingerprint density at radius 3 is 2.17 bits per heavy atom. The molecule has 1 N–H and O–H groups in total. The summed E-state index contributed by atoms with van der Waals surface area (Å²) < 4.78 is 43.8. The summed E-state index contributed by atoms with van der Waals surface area (Å²) in [6.45, 7) is 3.87. The second-order valence-electron chi connectivity index (χ2n) is 19.2. The summed E-state index contributed by atoms with van der Waals surface area (Å²) in [6, 6.07) is 32.8. The lowest BCUT2D eigenvalue weighted by Crippen LogP contribution is -2.44. The zero-order valence-corrected chi connectivity index (χ0v) is 41.7. The van der Waals surface area contributed by atoms with Crippen molar-refractivity contribution >= 4 is 16.9 Å². The fourth-order valence-corrected chi connectivity index (χ4v) is 11.2. The Morgan fingerprint density at radius 2 is 1.42 bits per heavy atom. The van der Waals surface area contributed by atoms with E-state index >= 15 is 0 Å². The molecule has 7 aromatic rings. The highest BCUT2D eigenvalue weighted by atomic mass is 16.6. The van der Waals surface area contributed by atoms with Crippen molar-refractivity contribution in [3.05, 3.63) is 157 Å². The molecule has 2 aromatic heterocycles. The van der Waals surface area contributed by atoms with E-state index in [0.29, 0.717) is 63.6 Å². The summed E-state index contributed by atoms with van der Waals surface area (Å²) in [7, 11) is 11.1. The minimum atomic E-state index is -1.79. The molecule has 0 spiro atoms. The molecule has 0 saturated heterocycles. The Balaban J connectivity index is 0.000000181. The van der Waals surface area contributed by atoms with Gasteiger partial charge in [0.2, 0.25) is 5.75 Å². The van der Waals surface area contributed by atoms with E-state index in [1.165, 1.54) is 22.3 Å².